The Labute approximate surface area is 233 Å². The zero-order valence-electron chi connectivity index (χ0n) is 22.8. The zero-order valence-corrected chi connectivity index (χ0v) is 22.8. The van der Waals surface area contributed by atoms with Crippen molar-refractivity contribution in [1.82, 2.24) is 29.7 Å². The van der Waals surface area contributed by atoms with Crippen molar-refractivity contribution in [2.45, 2.75) is 107 Å². The van der Waals surface area contributed by atoms with E-state index in [1.54, 1.807) is 10.6 Å². The predicted molar refractivity (Wildman–Crippen MR) is 150 cm³/mol. The Morgan fingerprint density at radius 1 is 0.975 bits per heavy atom. The van der Waals surface area contributed by atoms with Gasteiger partial charge in [0.25, 0.3) is 11.5 Å². The number of carboxylic acid groups (broad SMARTS) is 1. The molecule has 2 aromatic heterocycles. The summed E-state index contributed by atoms with van der Waals surface area (Å²) in [6.45, 7) is 0. The molecule has 3 aliphatic rings. The van der Waals surface area contributed by atoms with Gasteiger partial charge in [-0.25, -0.2) is 14.8 Å². The quantitative estimate of drug-likeness (QED) is 0.410. The van der Waals surface area contributed by atoms with Crippen LogP contribution in [0.2, 0.25) is 0 Å². The van der Waals surface area contributed by atoms with Crippen LogP contribution >= 0.6 is 0 Å². The molecule has 3 unspecified atom stereocenters. The van der Waals surface area contributed by atoms with E-state index in [9.17, 15) is 19.5 Å². The first-order valence-corrected chi connectivity index (χ1v) is 14.8. The van der Waals surface area contributed by atoms with E-state index in [2.05, 4.69) is 25.2 Å². The van der Waals surface area contributed by atoms with Crippen LogP contribution in [0.1, 0.15) is 92.9 Å². The van der Waals surface area contributed by atoms with Crippen molar-refractivity contribution in [1.29, 1.82) is 0 Å². The number of aromatic amines is 1. The lowest BCUT2D eigenvalue weighted by atomic mass is 9.89. The molecule has 10 heteroatoms. The number of H-pyrrole nitrogens is 1. The van der Waals surface area contributed by atoms with Crippen molar-refractivity contribution in [2.24, 2.45) is 0 Å². The first-order chi connectivity index (χ1) is 19.5. The minimum absolute atomic E-state index is 0.0197. The highest BCUT2D eigenvalue weighted by Crippen LogP contribution is 2.44. The molecule has 2 aliphatic heterocycles. The first kappa shape index (κ1) is 26.7. The minimum Gasteiger partial charge on any atom is -0.480 e. The van der Waals surface area contributed by atoms with E-state index >= 15 is 0 Å². The van der Waals surface area contributed by atoms with Crippen molar-refractivity contribution in [2.75, 3.05) is 0 Å². The van der Waals surface area contributed by atoms with Gasteiger partial charge in [-0.05, 0) is 50.7 Å². The molecule has 212 valence electrons. The Balaban J connectivity index is 1.29. The largest absolute Gasteiger partial charge is 0.480 e. The number of hydrogen-bond donors (Lipinski definition) is 3. The number of aromatic nitrogens is 4. The van der Waals surface area contributed by atoms with Gasteiger partial charge in [0.15, 0.2) is 5.69 Å². The number of carbonyl (C=O) groups is 2. The molecule has 40 heavy (non-hydrogen) atoms. The molecule has 1 aliphatic carbocycles. The zero-order chi connectivity index (χ0) is 27.6. The molecule has 2 saturated heterocycles. The summed E-state index contributed by atoms with van der Waals surface area (Å²) in [5.74, 6) is -1.96. The summed E-state index contributed by atoms with van der Waals surface area (Å²) in [5, 5.41) is 12.3. The highest BCUT2D eigenvalue weighted by Gasteiger charge is 2.44. The minimum atomic E-state index is -1.23. The van der Waals surface area contributed by atoms with Crippen molar-refractivity contribution in [3.05, 3.63) is 58.5 Å². The van der Waals surface area contributed by atoms with Crippen molar-refractivity contribution in [3.8, 4) is 0 Å². The molecule has 0 radical (unpaired) electrons. The molecule has 4 heterocycles. The number of carboxylic acids is 1. The second-order valence-electron chi connectivity index (χ2n) is 11.7. The Morgan fingerprint density at radius 3 is 2.35 bits per heavy atom. The van der Waals surface area contributed by atoms with Gasteiger partial charge in [-0.2, -0.15) is 0 Å². The van der Waals surface area contributed by atoms with Crippen LogP contribution in [-0.2, 0) is 11.2 Å². The second kappa shape index (κ2) is 11.5. The molecule has 10 nitrogen and oxygen atoms in total. The summed E-state index contributed by atoms with van der Waals surface area (Å²) >= 11 is 0. The average Bonchev–Trinajstić information content (AvgIpc) is 3.52. The highest BCUT2D eigenvalue weighted by atomic mass is 16.4. The van der Waals surface area contributed by atoms with Gasteiger partial charge < -0.3 is 20.0 Å². The Morgan fingerprint density at radius 2 is 1.68 bits per heavy atom. The van der Waals surface area contributed by atoms with Gasteiger partial charge in [-0.1, -0.05) is 44.2 Å². The van der Waals surface area contributed by atoms with Crippen LogP contribution in [0.4, 0.5) is 0 Å². The van der Waals surface area contributed by atoms with Crippen molar-refractivity contribution in [3.63, 3.8) is 0 Å². The number of hydrogen-bond acceptors (Lipinski definition) is 6. The molecule has 3 atom stereocenters. The summed E-state index contributed by atoms with van der Waals surface area (Å²) in [6.07, 6.45) is 16.2. The molecule has 2 bridgehead atoms. The SMILES string of the molecule is O=C(NC(Cc1cnc[nH]1)C(=O)O)c1nc2ccccc2n(C2CC3CCC(C2)N3C2CCCCCCC2)c1=O. The van der Waals surface area contributed by atoms with Gasteiger partial charge >= 0.3 is 5.97 Å². The molecule has 3 fully saturated rings. The monoisotopic (exact) mass is 546 g/mol. The van der Waals surface area contributed by atoms with Gasteiger partial charge in [0.1, 0.15) is 6.04 Å². The van der Waals surface area contributed by atoms with E-state index in [0.29, 0.717) is 29.3 Å². The fourth-order valence-electron chi connectivity index (χ4n) is 7.43. The predicted octanol–water partition coefficient (Wildman–Crippen LogP) is 3.83. The summed E-state index contributed by atoms with van der Waals surface area (Å²) in [7, 11) is 0. The molecule has 6 rings (SSSR count). The summed E-state index contributed by atoms with van der Waals surface area (Å²) < 4.78 is 1.78. The summed E-state index contributed by atoms with van der Waals surface area (Å²) in [6, 6.07) is 7.69. The van der Waals surface area contributed by atoms with E-state index in [-0.39, 0.29) is 18.2 Å². The number of nitrogens with one attached hydrogen (secondary N) is 2. The smallest absolute Gasteiger partial charge is 0.326 e. The Hall–Kier alpha value is -3.53. The normalized spacial score (nSPS) is 24.9. The number of imidazole rings is 1. The topological polar surface area (TPSA) is 133 Å². The lowest BCUT2D eigenvalue weighted by Gasteiger charge is -2.45. The number of fused-ring (bicyclic) bond motifs is 3. The number of benzene rings is 1. The maximum absolute atomic E-state index is 14.0. The van der Waals surface area contributed by atoms with Crippen LogP contribution in [0.3, 0.4) is 0 Å². The van der Waals surface area contributed by atoms with E-state index in [4.69, 9.17) is 0 Å². The third-order valence-electron chi connectivity index (χ3n) is 9.22. The standard InChI is InChI=1S/C30H38N6O4/c37-28(34-25(30(39)40)14-19-17-31-18-32-19)27-29(38)36(26-11-7-6-10-24(26)33-27)23-15-21-12-13-22(16-23)35(21)20-8-4-2-1-3-5-9-20/h6-7,10-11,17-18,20-23,25H,1-5,8-9,12-16H2,(H,31,32)(H,34,37)(H,39,40). The molecular formula is C30H38N6O4. The third kappa shape index (κ3) is 5.29. The van der Waals surface area contributed by atoms with Crippen LogP contribution < -0.4 is 10.9 Å². The summed E-state index contributed by atoms with van der Waals surface area (Å²) in [4.78, 5) is 53.2. The number of carbonyl (C=O) groups excluding carboxylic acids is 1. The fourth-order valence-corrected chi connectivity index (χ4v) is 7.43. The molecule has 1 aromatic carbocycles. The first-order valence-electron chi connectivity index (χ1n) is 14.8. The van der Waals surface area contributed by atoms with Gasteiger partial charge in [0.05, 0.1) is 17.4 Å². The van der Waals surface area contributed by atoms with Gasteiger partial charge in [-0.15, -0.1) is 0 Å². The van der Waals surface area contributed by atoms with Gasteiger partial charge in [-0.3, -0.25) is 14.5 Å². The van der Waals surface area contributed by atoms with Crippen LogP contribution in [0.15, 0.2) is 41.6 Å². The molecule has 1 saturated carbocycles. The number of rotatable bonds is 7. The molecular weight excluding hydrogens is 508 g/mol. The molecule has 0 spiro atoms. The number of aliphatic carboxylic acids is 1. The Bertz CT molecular complexity index is 1400. The van der Waals surface area contributed by atoms with Crippen LogP contribution in [-0.4, -0.2) is 65.6 Å². The van der Waals surface area contributed by atoms with E-state index in [1.165, 1.54) is 57.5 Å². The van der Waals surface area contributed by atoms with Crippen molar-refractivity contribution >= 4 is 22.9 Å². The van der Waals surface area contributed by atoms with Gasteiger partial charge in [0, 0.05) is 42.5 Å². The number of piperidine rings is 1. The second-order valence-corrected chi connectivity index (χ2v) is 11.7. The van der Waals surface area contributed by atoms with Gasteiger partial charge in [0.2, 0.25) is 0 Å². The molecule has 3 N–H and O–H groups in total. The lowest BCUT2D eigenvalue weighted by molar-refractivity contribution is -0.139. The van der Waals surface area contributed by atoms with Crippen LogP contribution in [0.25, 0.3) is 11.0 Å². The fraction of sp³-hybridized carbons (Fsp3) is 0.567. The van der Waals surface area contributed by atoms with E-state index in [0.717, 1.165) is 31.2 Å². The molecule has 3 aromatic rings. The van der Waals surface area contributed by atoms with Crippen LogP contribution in [0.5, 0.6) is 0 Å². The van der Waals surface area contributed by atoms with E-state index < -0.39 is 23.5 Å². The summed E-state index contributed by atoms with van der Waals surface area (Å²) in [5.41, 5.74) is 1.14. The average molecular weight is 547 g/mol. The number of nitrogens with zero attached hydrogens (tertiary/aromatic N) is 4. The van der Waals surface area contributed by atoms with Crippen molar-refractivity contribution < 1.29 is 14.7 Å². The number of para-hydroxylation sites is 2. The molecule has 1 amide bonds. The highest BCUT2D eigenvalue weighted by molar-refractivity contribution is 5.96. The number of amides is 1. The third-order valence-corrected chi connectivity index (χ3v) is 9.22. The maximum Gasteiger partial charge on any atom is 0.326 e. The lowest BCUT2D eigenvalue weighted by Crippen LogP contribution is -2.51. The maximum atomic E-state index is 14.0. The Kier molecular flexibility index (Phi) is 7.69. The van der Waals surface area contributed by atoms with E-state index in [1.807, 2.05) is 18.2 Å². The van der Waals surface area contributed by atoms with Crippen LogP contribution in [0, 0.1) is 0 Å².